The van der Waals surface area contributed by atoms with E-state index in [-0.39, 0.29) is 0 Å². The molecule has 0 saturated carbocycles. The van der Waals surface area contributed by atoms with Crippen molar-refractivity contribution in [2.45, 2.75) is 19.9 Å². The number of nitrogens with two attached hydrogens (primary N) is 1. The minimum atomic E-state index is 0.608. The van der Waals surface area contributed by atoms with E-state index in [0.717, 1.165) is 6.42 Å². The fourth-order valence-corrected chi connectivity index (χ4v) is 1.55. The molecule has 1 aromatic carbocycles. The highest BCUT2D eigenvalue weighted by molar-refractivity contribution is 5.81. The van der Waals surface area contributed by atoms with Crippen molar-refractivity contribution in [2.24, 2.45) is 5.73 Å². The van der Waals surface area contributed by atoms with Crippen molar-refractivity contribution in [3.8, 4) is 0 Å². The third kappa shape index (κ3) is 1.45. The molecule has 0 aliphatic rings. The number of fused-ring (bicyclic) bond motifs is 1. The van der Waals surface area contributed by atoms with Gasteiger partial charge in [-0.25, -0.2) is 0 Å². The Labute approximate surface area is 77.8 Å². The second kappa shape index (κ2) is 3.23. The number of hydrogen-bond donors (Lipinski definition) is 2. The first kappa shape index (κ1) is 8.32. The molecule has 0 aliphatic heterocycles. The van der Waals surface area contributed by atoms with Crippen molar-refractivity contribution in [3.05, 3.63) is 35.5 Å². The van der Waals surface area contributed by atoms with E-state index in [9.17, 15) is 0 Å². The lowest BCUT2D eigenvalue weighted by Gasteiger charge is -1.95. The van der Waals surface area contributed by atoms with E-state index >= 15 is 0 Å². The normalized spacial score (nSPS) is 10.9. The van der Waals surface area contributed by atoms with E-state index in [1.54, 1.807) is 0 Å². The molecule has 0 bridgehead atoms. The van der Waals surface area contributed by atoms with Gasteiger partial charge in [-0.2, -0.15) is 0 Å². The van der Waals surface area contributed by atoms with Gasteiger partial charge < -0.3 is 10.7 Å². The monoisotopic (exact) mass is 174 g/mol. The standard InChI is InChI=1S/C11H14N2/c1-2-10-6-9-4-3-8(7-12)5-11(9)13-10/h3-6,13H,2,7,12H2,1H3. The van der Waals surface area contributed by atoms with E-state index in [1.165, 1.54) is 22.2 Å². The zero-order valence-corrected chi connectivity index (χ0v) is 7.80. The van der Waals surface area contributed by atoms with Crippen LogP contribution in [-0.4, -0.2) is 4.98 Å². The van der Waals surface area contributed by atoms with Crippen LogP contribution < -0.4 is 5.73 Å². The Balaban J connectivity index is 2.57. The van der Waals surface area contributed by atoms with Gasteiger partial charge in [0.1, 0.15) is 0 Å². The van der Waals surface area contributed by atoms with E-state index in [1.807, 2.05) is 0 Å². The summed E-state index contributed by atoms with van der Waals surface area (Å²) in [7, 11) is 0. The number of aromatic nitrogens is 1. The molecule has 2 rings (SSSR count). The van der Waals surface area contributed by atoms with Crippen LogP contribution in [0, 0.1) is 0 Å². The first-order valence-electron chi connectivity index (χ1n) is 4.64. The zero-order valence-electron chi connectivity index (χ0n) is 7.80. The molecule has 0 spiro atoms. The zero-order chi connectivity index (χ0) is 9.26. The van der Waals surface area contributed by atoms with Gasteiger partial charge in [0.2, 0.25) is 0 Å². The van der Waals surface area contributed by atoms with Crippen LogP contribution in [0.3, 0.4) is 0 Å². The Morgan fingerprint density at radius 1 is 1.31 bits per heavy atom. The summed E-state index contributed by atoms with van der Waals surface area (Å²) in [5, 5.41) is 1.27. The number of rotatable bonds is 2. The molecule has 0 unspecified atom stereocenters. The van der Waals surface area contributed by atoms with Crippen molar-refractivity contribution >= 4 is 10.9 Å². The maximum Gasteiger partial charge on any atom is 0.0459 e. The maximum absolute atomic E-state index is 5.57. The Bertz CT molecular complexity index is 413. The van der Waals surface area contributed by atoms with Gasteiger partial charge in [-0.05, 0) is 29.5 Å². The molecule has 0 fully saturated rings. The summed E-state index contributed by atoms with van der Waals surface area (Å²) in [5.74, 6) is 0. The summed E-state index contributed by atoms with van der Waals surface area (Å²) < 4.78 is 0. The number of nitrogens with one attached hydrogen (secondary N) is 1. The molecule has 3 N–H and O–H groups in total. The van der Waals surface area contributed by atoms with Crippen LogP contribution in [0.1, 0.15) is 18.2 Å². The summed E-state index contributed by atoms with van der Waals surface area (Å²) in [4.78, 5) is 3.36. The van der Waals surface area contributed by atoms with Crippen molar-refractivity contribution < 1.29 is 0 Å². The number of aromatic amines is 1. The van der Waals surface area contributed by atoms with E-state index < -0.39 is 0 Å². The summed E-state index contributed by atoms with van der Waals surface area (Å²) in [6.45, 7) is 2.75. The lowest BCUT2D eigenvalue weighted by atomic mass is 10.1. The van der Waals surface area contributed by atoms with Crippen LogP contribution in [0.5, 0.6) is 0 Å². The Morgan fingerprint density at radius 3 is 2.85 bits per heavy atom. The minimum Gasteiger partial charge on any atom is -0.358 e. The maximum atomic E-state index is 5.57. The number of aryl methyl sites for hydroxylation is 1. The Morgan fingerprint density at radius 2 is 2.15 bits per heavy atom. The summed E-state index contributed by atoms with van der Waals surface area (Å²) in [6.07, 6.45) is 1.05. The smallest absolute Gasteiger partial charge is 0.0459 e. The van der Waals surface area contributed by atoms with Gasteiger partial charge in [0, 0.05) is 17.8 Å². The van der Waals surface area contributed by atoms with E-state index in [0.29, 0.717) is 6.54 Å². The van der Waals surface area contributed by atoms with Crippen LogP contribution in [0.15, 0.2) is 24.3 Å². The highest BCUT2D eigenvalue weighted by Gasteiger charge is 1.99. The second-order valence-corrected chi connectivity index (χ2v) is 3.27. The average Bonchev–Trinajstić information content (AvgIpc) is 2.58. The lowest BCUT2D eigenvalue weighted by molar-refractivity contribution is 1.06. The van der Waals surface area contributed by atoms with Gasteiger partial charge in [0.25, 0.3) is 0 Å². The molecule has 0 amide bonds. The highest BCUT2D eigenvalue weighted by Crippen LogP contribution is 2.17. The van der Waals surface area contributed by atoms with E-state index in [2.05, 4.69) is 36.2 Å². The third-order valence-corrected chi connectivity index (χ3v) is 2.36. The molecular weight excluding hydrogens is 160 g/mol. The lowest BCUT2D eigenvalue weighted by Crippen LogP contribution is -1.94. The van der Waals surface area contributed by atoms with Crippen molar-refractivity contribution in [3.63, 3.8) is 0 Å². The SMILES string of the molecule is CCc1cc2ccc(CN)cc2[nH]1. The molecule has 1 heterocycles. The molecule has 0 saturated heterocycles. The molecule has 2 nitrogen and oxygen atoms in total. The average molecular weight is 174 g/mol. The minimum absolute atomic E-state index is 0.608. The van der Waals surface area contributed by atoms with Crippen molar-refractivity contribution in [2.75, 3.05) is 0 Å². The quantitative estimate of drug-likeness (QED) is 0.720. The fourth-order valence-electron chi connectivity index (χ4n) is 1.55. The summed E-state index contributed by atoms with van der Waals surface area (Å²) >= 11 is 0. The molecule has 2 heteroatoms. The van der Waals surface area contributed by atoms with Crippen molar-refractivity contribution in [1.29, 1.82) is 0 Å². The number of H-pyrrole nitrogens is 1. The molecule has 68 valence electrons. The predicted molar refractivity (Wildman–Crippen MR) is 55.6 cm³/mol. The molecule has 0 atom stereocenters. The van der Waals surface area contributed by atoms with E-state index in [4.69, 9.17) is 5.73 Å². The second-order valence-electron chi connectivity index (χ2n) is 3.27. The van der Waals surface area contributed by atoms with Crippen LogP contribution in [0.4, 0.5) is 0 Å². The number of hydrogen-bond acceptors (Lipinski definition) is 1. The topological polar surface area (TPSA) is 41.8 Å². The largest absolute Gasteiger partial charge is 0.358 e. The van der Waals surface area contributed by atoms with Gasteiger partial charge in [0.15, 0.2) is 0 Å². The van der Waals surface area contributed by atoms with Crippen LogP contribution in [0.2, 0.25) is 0 Å². The first-order valence-corrected chi connectivity index (χ1v) is 4.64. The van der Waals surface area contributed by atoms with Gasteiger partial charge in [-0.15, -0.1) is 0 Å². The van der Waals surface area contributed by atoms with Gasteiger partial charge >= 0.3 is 0 Å². The molecular formula is C11H14N2. The third-order valence-electron chi connectivity index (χ3n) is 2.36. The Hall–Kier alpha value is -1.28. The summed E-state index contributed by atoms with van der Waals surface area (Å²) in [6, 6.07) is 8.51. The molecule has 1 aromatic heterocycles. The van der Waals surface area contributed by atoms with Gasteiger partial charge in [-0.3, -0.25) is 0 Å². The van der Waals surface area contributed by atoms with Gasteiger partial charge in [-0.1, -0.05) is 19.1 Å². The first-order chi connectivity index (χ1) is 6.33. The fraction of sp³-hybridized carbons (Fsp3) is 0.273. The summed E-state index contributed by atoms with van der Waals surface area (Å²) in [5.41, 5.74) is 9.22. The highest BCUT2D eigenvalue weighted by atomic mass is 14.7. The number of benzene rings is 1. The van der Waals surface area contributed by atoms with Crippen LogP contribution in [0.25, 0.3) is 10.9 Å². The van der Waals surface area contributed by atoms with Crippen LogP contribution in [-0.2, 0) is 13.0 Å². The Kier molecular flexibility index (Phi) is 2.07. The van der Waals surface area contributed by atoms with Crippen molar-refractivity contribution in [1.82, 2.24) is 4.98 Å². The predicted octanol–water partition coefficient (Wildman–Crippen LogP) is 2.19. The molecule has 0 radical (unpaired) electrons. The van der Waals surface area contributed by atoms with Crippen LogP contribution >= 0.6 is 0 Å². The molecule has 13 heavy (non-hydrogen) atoms. The molecule has 2 aromatic rings. The molecule has 0 aliphatic carbocycles. The van der Waals surface area contributed by atoms with Gasteiger partial charge in [0.05, 0.1) is 0 Å².